The molecule has 2 aromatic rings. The molecule has 0 spiro atoms. The molecule has 0 amide bonds. The summed E-state index contributed by atoms with van der Waals surface area (Å²) in [6.45, 7) is 2.07. The van der Waals surface area contributed by atoms with Crippen molar-refractivity contribution in [1.29, 1.82) is 0 Å². The summed E-state index contributed by atoms with van der Waals surface area (Å²) in [5, 5.41) is 9.84. The van der Waals surface area contributed by atoms with E-state index < -0.39 is 5.97 Å². The predicted molar refractivity (Wildman–Crippen MR) is 65.2 cm³/mol. The average Bonchev–Trinajstić information content (AvgIpc) is 2.86. The first-order chi connectivity index (χ1) is 8.20. The van der Waals surface area contributed by atoms with Crippen molar-refractivity contribution in [3.8, 4) is 11.5 Å². The van der Waals surface area contributed by atoms with Crippen molar-refractivity contribution >= 4 is 17.3 Å². The molecule has 0 aliphatic rings. The van der Waals surface area contributed by atoms with Crippen molar-refractivity contribution in [2.24, 2.45) is 0 Å². The number of carboxylic acids is 1. The number of furan rings is 1. The topological polar surface area (TPSA) is 63.3 Å². The molecule has 0 atom stereocenters. The lowest BCUT2D eigenvalue weighted by Gasteiger charge is -1.94. The number of carbonyl (C=O) groups is 1. The normalized spacial score (nSPS) is 10.6. The second-order valence-electron chi connectivity index (χ2n) is 3.68. The van der Waals surface area contributed by atoms with E-state index >= 15 is 0 Å². The first-order valence-corrected chi connectivity index (χ1v) is 6.26. The van der Waals surface area contributed by atoms with Crippen LogP contribution in [-0.2, 0) is 17.6 Å². The van der Waals surface area contributed by atoms with Crippen molar-refractivity contribution in [3.05, 3.63) is 28.3 Å². The number of nitrogens with zero attached hydrogens (tertiary/aromatic N) is 1. The summed E-state index contributed by atoms with van der Waals surface area (Å²) < 4.78 is 5.28. The van der Waals surface area contributed by atoms with Gasteiger partial charge in [-0.25, -0.2) is 4.98 Å². The maximum absolute atomic E-state index is 10.8. The van der Waals surface area contributed by atoms with Crippen LogP contribution < -0.4 is 0 Å². The zero-order valence-corrected chi connectivity index (χ0v) is 10.3. The highest BCUT2D eigenvalue weighted by molar-refractivity contribution is 7.12. The quantitative estimate of drug-likeness (QED) is 0.887. The second-order valence-corrected chi connectivity index (χ2v) is 4.85. The first-order valence-electron chi connectivity index (χ1n) is 5.45. The summed E-state index contributed by atoms with van der Waals surface area (Å²) in [6.07, 6.45) is 3.44. The third kappa shape index (κ3) is 2.74. The van der Waals surface area contributed by atoms with Crippen molar-refractivity contribution in [1.82, 2.24) is 4.98 Å². The van der Waals surface area contributed by atoms with E-state index in [0.717, 1.165) is 22.7 Å². The smallest absolute Gasteiger partial charge is 0.308 e. The van der Waals surface area contributed by atoms with Gasteiger partial charge in [0, 0.05) is 4.88 Å². The van der Waals surface area contributed by atoms with E-state index in [2.05, 4.69) is 11.9 Å². The number of aliphatic carboxylic acids is 1. The maximum atomic E-state index is 10.8. The number of hydrogen-bond acceptors (Lipinski definition) is 4. The SMILES string of the molecule is CCCc1nc(-c2ccco2)c(CC(=O)O)s1. The van der Waals surface area contributed by atoms with Gasteiger partial charge in [-0.15, -0.1) is 11.3 Å². The number of hydrogen-bond donors (Lipinski definition) is 1. The van der Waals surface area contributed by atoms with Gasteiger partial charge in [-0.1, -0.05) is 6.92 Å². The number of rotatable bonds is 5. The third-order valence-corrected chi connectivity index (χ3v) is 3.39. The van der Waals surface area contributed by atoms with Crippen molar-refractivity contribution in [3.63, 3.8) is 0 Å². The Kier molecular flexibility index (Phi) is 3.58. The molecule has 90 valence electrons. The Hall–Kier alpha value is -1.62. The fraction of sp³-hybridized carbons (Fsp3) is 0.333. The zero-order valence-electron chi connectivity index (χ0n) is 9.47. The lowest BCUT2D eigenvalue weighted by molar-refractivity contribution is -0.136. The van der Waals surface area contributed by atoms with Crippen LogP contribution in [0.15, 0.2) is 22.8 Å². The van der Waals surface area contributed by atoms with Crippen LogP contribution in [0.3, 0.4) is 0 Å². The molecule has 0 saturated heterocycles. The van der Waals surface area contributed by atoms with Gasteiger partial charge in [-0.05, 0) is 25.0 Å². The van der Waals surface area contributed by atoms with Gasteiger partial charge in [0.2, 0.25) is 0 Å². The Morgan fingerprint density at radius 3 is 3.00 bits per heavy atom. The van der Waals surface area contributed by atoms with Crippen LogP contribution in [0.1, 0.15) is 23.2 Å². The summed E-state index contributed by atoms with van der Waals surface area (Å²) in [5.74, 6) is -0.204. The average molecular weight is 251 g/mol. The molecule has 0 aliphatic carbocycles. The second kappa shape index (κ2) is 5.14. The molecule has 0 aliphatic heterocycles. The van der Waals surface area contributed by atoms with E-state index in [1.165, 1.54) is 11.3 Å². The molecule has 4 nitrogen and oxygen atoms in total. The number of thiazole rings is 1. The molecule has 17 heavy (non-hydrogen) atoms. The Balaban J connectivity index is 2.37. The van der Waals surface area contributed by atoms with E-state index in [1.54, 1.807) is 18.4 Å². The Morgan fingerprint density at radius 1 is 1.59 bits per heavy atom. The minimum Gasteiger partial charge on any atom is -0.481 e. The first kappa shape index (κ1) is 11.9. The minimum atomic E-state index is -0.843. The molecule has 0 saturated carbocycles. The van der Waals surface area contributed by atoms with Crippen LogP contribution in [0.4, 0.5) is 0 Å². The Labute approximate surface area is 103 Å². The number of carboxylic acid groups (broad SMARTS) is 1. The summed E-state index contributed by atoms with van der Waals surface area (Å²) in [4.78, 5) is 16.0. The molecule has 0 fully saturated rings. The van der Waals surface area contributed by atoms with Gasteiger partial charge in [-0.2, -0.15) is 0 Å². The molecule has 0 radical (unpaired) electrons. The molecule has 0 unspecified atom stereocenters. The lowest BCUT2D eigenvalue weighted by Crippen LogP contribution is -1.99. The van der Waals surface area contributed by atoms with Crippen LogP contribution in [0.25, 0.3) is 11.5 Å². The highest BCUT2D eigenvalue weighted by atomic mass is 32.1. The van der Waals surface area contributed by atoms with E-state index in [0.29, 0.717) is 11.5 Å². The van der Waals surface area contributed by atoms with E-state index in [9.17, 15) is 4.79 Å². The Morgan fingerprint density at radius 2 is 2.41 bits per heavy atom. The summed E-state index contributed by atoms with van der Waals surface area (Å²) >= 11 is 1.46. The molecule has 2 rings (SSSR count). The van der Waals surface area contributed by atoms with Gasteiger partial charge < -0.3 is 9.52 Å². The van der Waals surface area contributed by atoms with Gasteiger partial charge >= 0.3 is 5.97 Å². The maximum Gasteiger partial charge on any atom is 0.308 e. The molecule has 0 bridgehead atoms. The molecule has 0 aromatic carbocycles. The molecule has 5 heteroatoms. The van der Waals surface area contributed by atoms with Crippen molar-refractivity contribution < 1.29 is 14.3 Å². The summed E-state index contributed by atoms with van der Waals surface area (Å²) in [6, 6.07) is 3.58. The van der Waals surface area contributed by atoms with Crippen molar-refractivity contribution in [2.45, 2.75) is 26.2 Å². The highest BCUT2D eigenvalue weighted by Gasteiger charge is 2.16. The third-order valence-electron chi connectivity index (χ3n) is 2.27. The van der Waals surface area contributed by atoms with Crippen LogP contribution in [-0.4, -0.2) is 16.1 Å². The molecule has 2 aromatic heterocycles. The monoisotopic (exact) mass is 251 g/mol. The van der Waals surface area contributed by atoms with Crippen LogP contribution in [0.5, 0.6) is 0 Å². The molecular weight excluding hydrogens is 238 g/mol. The summed E-state index contributed by atoms with van der Waals surface area (Å²) in [5.41, 5.74) is 0.672. The van der Waals surface area contributed by atoms with Gasteiger partial charge in [0.15, 0.2) is 5.76 Å². The number of aryl methyl sites for hydroxylation is 1. The fourth-order valence-electron chi connectivity index (χ4n) is 1.58. The van der Waals surface area contributed by atoms with Crippen molar-refractivity contribution in [2.75, 3.05) is 0 Å². The van der Waals surface area contributed by atoms with E-state index in [-0.39, 0.29) is 6.42 Å². The standard InChI is InChI=1S/C12H13NO3S/c1-2-4-10-13-12(8-5-3-6-16-8)9(17-10)7-11(14)15/h3,5-6H,2,4,7H2,1H3,(H,14,15). The minimum absolute atomic E-state index is 0.00257. The van der Waals surface area contributed by atoms with Gasteiger partial charge in [0.05, 0.1) is 17.7 Å². The number of aromatic nitrogens is 1. The van der Waals surface area contributed by atoms with Gasteiger partial charge in [-0.3, -0.25) is 4.79 Å². The zero-order chi connectivity index (χ0) is 12.3. The Bertz CT molecular complexity index is 502. The van der Waals surface area contributed by atoms with E-state index in [1.807, 2.05) is 0 Å². The molecular formula is C12H13NO3S. The fourth-order valence-corrected chi connectivity index (χ4v) is 2.75. The van der Waals surface area contributed by atoms with Gasteiger partial charge in [0.25, 0.3) is 0 Å². The molecule has 1 N–H and O–H groups in total. The van der Waals surface area contributed by atoms with Crippen LogP contribution >= 0.6 is 11.3 Å². The summed E-state index contributed by atoms with van der Waals surface area (Å²) in [7, 11) is 0. The highest BCUT2D eigenvalue weighted by Crippen LogP contribution is 2.29. The predicted octanol–water partition coefficient (Wildman–Crippen LogP) is 2.98. The molecule has 2 heterocycles. The van der Waals surface area contributed by atoms with Crippen LogP contribution in [0.2, 0.25) is 0 Å². The largest absolute Gasteiger partial charge is 0.481 e. The van der Waals surface area contributed by atoms with E-state index in [4.69, 9.17) is 9.52 Å². The van der Waals surface area contributed by atoms with Crippen LogP contribution in [0, 0.1) is 0 Å². The van der Waals surface area contributed by atoms with Gasteiger partial charge in [0.1, 0.15) is 5.69 Å². The lowest BCUT2D eigenvalue weighted by atomic mass is 10.2.